The van der Waals surface area contributed by atoms with E-state index in [1.54, 1.807) is 6.92 Å². The van der Waals surface area contributed by atoms with Crippen molar-refractivity contribution in [2.24, 2.45) is 0 Å². The minimum Gasteiger partial charge on any atom is -0.477 e. The second-order valence-corrected chi connectivity index (χ2v) is 5.89. The van der Waals surface area contributed by atoms with Crippen LogP contribution in [0.25, 0.3) is 5.65 Å². The van der Waals surface area contributed by atoms with Gasteiger partial charge in [-0.25, -0.2) is 18.7 Å². The lowest BCUT2D eigenvalue weighted by Crippen LogP contribution is -2.30. The van der Waals surface area contributed by atoms with Gasteiger partial charge in [-0.05, 0) is 31.2 Å². The van der Waals surface area contributed by atoms with Gasteiger partial charge in [-0.15, -0.1) is 0 Å². The van der Waals surface area contributed by atoms with Gasteiger partial charge in [-0.1, -0.05) is 0 Å². The lowest BCUT2D eigenvalue weighted by molar-refractivity contribution is -0.201. The van der Waals surface area contributed by atoms with E-state index in [-0.39, 0.29) is 28.3 Å². The highest BCUT2D eigenvalue weighted by Gasteiger charge is 2.32. The summed E-state index contributed by atoms with van der Waals surface area (Å²) in [6.45, 7) is 0.0160. The second-order valence-electron chi connectivity index (χ2n) is 5.89. The summed E-state index contributed by atoms with van der Waals surface area (Å²) >= 11 is 0. The fourth-order valence-electron chi connectivity index (χ4n) is 2.54. The van der Waals surface area contributed by atoms with Gasteiger partial charge in [-0.3, -0.25) is 0 Å². The van der Waals surface area contributed by atoms with Crippen LogP contribution in [0.3, 0.4) is 0 Å². The molecule has 0 aliphatic carbocycles. The molecule has 148 valence electrons. The fourth-order valence-corrected chi connectivity index (χ4v) is 2.54. The Kier molecular flexibility index (Phi) is 5.10. The number of carboxylic acids is 1. The molecular formula is C17H15F3N4O4. The van der Waals surface area contributed by atoms with Crippen LogP contribution in [-0.2, 0) is 0 Å². The maximum Gasteiger partial charge on any atom is 0.421 e. The number of aliphatic hydroxyl groups excluding tert-OH is 1. The molecule has 0 saturated heterocycles. The number of carbonyl (C=O) groups is 1. The van der Waals surface area contributed by atoms with Gasteiger partial charge < -0.3 is 20.3 Å². The summed E-state index contributed by atoms with van der Waals surface area (Å²) in [4.78, 5) is 15.4. The Morgan fingerprint density at radius 2 is 2.14 bits per heavy atom. The van der Waals surface area contributed by atoms with Crippen molar-refractivity contribution in [1.82, 2.24) is 14.6 Å². The summed E-state index contributed by atoms with van der Waals surface area (Å²) in [5.74, 6) is -1.99. The number of nitrogens with zero attached hydrogens (tertiary/aromatic N) is 3. The molecule has 0 saturated carbocycles. The monoisotopic (exact) mass is 396 g/mol. The van der Waals surface area contributed by atoms with Gasteiger partial charge in [0.15, 0.2) is 5.65 Å². The first-order valence-electron chi connectivity index (χ1n) is 8.01. The Balaban J connectivity index is 1.91. The Bertz CT molecular complexity index is 1020. The van der Waals surface area contributed by atoms with Crippen molar-refractivity contribution < 1.29 is 32.9 Å². The topological polar surface area (TPSA) is 109 Å². The van der Waals surface area contributed by atoms with E-state index in [0.29, 0.717) is 0 Å². The van der Waals surface area contributed by atoms with Crippen molar-refractivity contribution in [2.45, 2.75) is 19.1 Å². The summed E-state index contributed by atoms with van der Waals surface area (Å²) < 4.78 is 46.2. The number of hydrogen-bond donors (Lipinski definition) is 3. The molecule has 0 fully saturated rings. The minimum atomic E-state index is -3.84. The number of benzene rings is 1. The zero-order valence-electron chi connectivity index (χ0n) is 14.4. The molecule has 0 bridgehead atoms. The minimum absolute atomic E-state index is 0.0572. The number of anilines is 1. The molecule has 3 rings (SSSR count). The first-order chi connectivity index (χ1) is 13.2. The maximum atomic E-state index is 13.7. The molecule has 11 heteroatoms. The molecule has 0 radical (unpaired) electrons. The zero-order chi connectivity index (χ0) is 20.5. The molecule has 2 heterocycles. The SMILES string of the molecule is CC(Nc1ccn2ncc(C(=O)O)c2n1)c1cc(F)ccc1OC(F)(F)CO. The van der Waals surface area contributed by atoms with Gasteiger partial charge in [0.05, 0.1) is 12.2 Å². The van der Waals surface area contributed by atoms with Crippen LogP contribution in [-0.4, -0.2) is 43.5 Å². The van der Waals surface area contributed by atoms with E-state index in [1.807, 2.05) is 0 Å². The average Bonchev–Trinajstić information content (AvgIpc) is 3.06. The third kappa shape index (κ3) is 3.98. The van der Waals surface area contributed by atoms with Gasteiger partial charge in [0.2, 0.25) is 0 Å². The molecule has 3 N–H and O–H groups in total. The van der Waals surface area contributed by atoms with Crippen LogP contribution >= 0.6 is 0 Å². The van der Waals surface area contributed by atoms with Crippen molar-refractivity contribution in [3.63, 3.8) is 0 Å². The molecule has 8 nitrogen and oxygen atoms in total. The lowest BCUT2D eigenvalue weighted by atomic mass is 10.1. The highest BCUT2D eigenvalue weighted by Crippen LogP contribution is 2.32. The Morgan fingerprint density at radius 3 is 2.82 bits per heavy atom. The van der Waals surface area contributed by atoms with Crippen LogP contribution in [0.1, 0.15) is 28.9 Å². The van der Waals surface area contributed by atoms with Crippen LogP contribution < -0.4 is 10.1 Å². The number of fused-ring (bicyclic) bond motifs is 1. The highest BCUT2D eigenvalue weighted by molar-refractivity contribution is 5.94. The van der Waals surface area contributed by atoms with E-state index < -0.39 is 30.5 Å². The second kappa shape index (κ2) is 7.35. The number of aromatic nitrogens is 3. The third-order valence-electron chi connectivity index (χ3n) is 3.85. The highest BCUT2D eigenvalue weighted by atomic mass is 19.3. The number of rotatable bonds is 7. The van der Waals surface area contributed by atoms with Gasteiger partial charge in [0, 0.05) is 11.8 Å². The van der Waals surface area contributed by atoms with Crippen LogP contribution in [0, 0.1) is 5.82 Å². The largest absolute Gasteiger partial charge is 0.477 e. The molecule has 0 amide bonds. The number of aliphatic hydroxyl groups is 1. The van der Waals surface area contributed by atoms with E-state index in [1.165, 1.54) is 16.8 Å². The van der Waals surface area contributed by atoms with Crippen LogP contribution in [0.2, 0.25) is 0 Å². The Labute approximate surface area is 156 Å². The lowest BCUT2D eigenvalue weighted by Gasteiger charge is -2.22. The predicted molar refractivity (Wildman–Crippen MR) is 91.0 cm³/mol. The summed E-state index contributed by atoms with van der Waals surface area (Å²) in [5.41, 5.74) is 0.0164. The molecule has 0 aliphatic rings. The van der Waals surface area contributed by atoms with Crippen molar-refractivity contribution >= 4 is 17.4 Å². The standard InChI is InChI=1S/C17H15F3N4O4/c1-9(11-6-10(18)2-3-13(11)28-17(19,20)8-25)22-14-4-5-24-15(23-14)12(7-21-24)16(26)27/h2-7,9,25H,8H2,1H3,(H,22,23)(H,26,27). The average molecular weight is 396 g/mol. The van der Waals surface area contributed by atoms with Crippen molar-refractivity contribution in [2.75, 3.05) is 11.9 Å². The van der Waals surface area contributed by atoms with E-state index in [4.69, 9.17) is 10.2 Å². The third-order valence-corrected chi connectivity index (χ3v) is 3.85. The van der Waals surface area contributed by atoms with E-state index in [0.717, 1.165) is 24.4 Å². The number of carboxylic acid groups (broad SMARTS) is 1. The first kappa shape index (κ1) is 19.4. The van der Waals surface area contributed by atoms with Gasteiger partial charge in [0.25, 0.3) is 0 Å². The fraction of sp³-hybridized carbons (Fsp3) is 0.235. The van der Waals surface area contributed by atoms with Crippen LogP contribution in [0.4, 0.5) is 19.0 Å². The summed E-state index contributed by atoms with van der Waals surface area (Å²) in [5, 5.41) is 24.6. The zero-order valence-corrected chi connectivity index (χ0v) is 14.4. The summed E-state index contributed by atoms with van der Waals surface area (Å²) in [7, 11) is 0. The normalized spacial score (nSPS) is 12.8. The van der Waals surface area contributed by atoms with Crippen LogP contribution in [0.15, 0.2) is 36.7 Å². The molecule has 2 aromatic heterocycles. The Morgan fingerprint density at radius 1 is 1.39 bits per heavy atom. The first-order valence-corrected chi connectivity index (χ1v) is 8.01. The van der Waals surface area contributed by atoms with Crippen molar-refractivity contribution in [1.29, 1.82) is 0 Å². The molecule has 28 heavy (non-hydrogen) atoms. The van der Waals surface area contributed by atoms with Crippen molar-refractivity contribution in [3.8, 4) is 5.75 Å². The molecular weight excluding hydrogens is 381 g/mol. The van der Waals surface area contributed by atoms with Crippen molar-refractivity contribution in [3.05, 3.63) is 53.6 Å². The maximum absolute atomic E-state index is 13.7. The van der Waals surface area contributed by atoms with Gasteiger partial charge in [-0.2, -0.15) is 13.9 Å². The summed E-state index contributed by atoms with van der Waals surface area (Å²) in [6, 6.07) is 3.74. The van der Waals surface area contributed by atoms with E-state index in [2.05, 4.69) is 20.1 Å². The molecule has 1 aromatic carbocycles. The van der Waals surface area contributed by atoms with Gasteiger partial charge in [0.1, 0.15) is 29.6 Å². The molecule has 1 atom stereocenters. The molecule has 0 spiro atoms. The molecule has 0 aliphatic heterocycles. The number of nitrogens with one attached hydrogen (secondary N) is 1. The number of halogens is 3. The van der Waals surface area contributed by atoms with Gasteiger partial charge >= 0.3 is 12.1 Å². The van der Waals surface area contributed by atoms with Crippen LogP contribution in [0.5, 0.6) is 5.75 Å². The molecule has 1 unspecified atom stereocenters. The summed E-state index contributed by atoms with van der Waals surface area (Å²) in [6.07, 6.45) is -1.22. The quantitative estimate of drug-likeness (QED) is 0.563. The Hall–Kier alpha value is -3.34. The van der Waals surface area contributed by atoms with E-state index >= 15 is 0 Å². The number of hydrogen-bond acceptors (Lipinski definition) is 6. The number of alkyl halides is 2. The molecule has 3 aromatic rings. The predicted octanol–water partition coefficient (Wildman–Crippen LogP) is 2.70. The van der Waals surface area contributed by atoms with E-state index in [9.17, 15) is 18.0 Å². The number of aromatic carboxylic acids is 1. The number of ether oxygens (including phenoxy) is 1. The smallest absolute Gasteiger partial charge is 0.421 e.